The average molecular weight is 157 g/mol. The van der Waals surface area contributed by atoms with Crippen LogP contribution in [0.3, 0.4) is 0 Å². The van der Waals surface area contributed by atoms with E-state index in [2.05, 4.69) is 6.92 Å². The van der Waals surface area contributed by atoms with Gasteiger partial charge in [-0.3, -0.25) is 4.79 Å². The lowest BCUT2D eigenvalue weighted by Gasteiger charge is -2.03. The molecule has 0 amide bonds. The molecule has 0 aromatic carbocycles. The summed E-state index contributed by atoms with van der Waals surface area (Å²) in [6.45, 7) is 5.48. The zero-order chi connectivity index (χ0) is 8.69. The molecule has 2 heteroatoms. The zero-order valence-electron chi connectivity index (χ0n) is 7.18. The molecule has 0 aliphatic heterocycles. The molecule has 65 valence electrons. The van der Waals surface area contributed by atoms with Crippen LogP contribution in [-0.4, -0.2) is 11.1 Å². The topological polar surface area (TPSA) is 37.3 Å². The maximum Gasteiger partial charge on any atom is 0.306 e. The average Bonchev–Trinajstić information content (AvgIpc) is 1.97. The monoisotopic (exact) mass is 157 g/mol. The van der Waals surface area contributed by atoms with Crippen molar-refractivity contribution < 1.29 is 9.90 Å². The maximum absolute atomic E-state index is 10.4. The smallest absolute Gasteiger partial charge is 0.306 e. The standard InChI is InChI=1S/C9H17O2/c1-3-4-5-6-7-8(2)9(10)11/h8H,1,3-7H2,2H3,(H,10,11). The van der Waals surface area contributed by atoms with Crippen molar-refractivity contribution in [2.75, 3.05) is 0 Å². The van der Waals surface area contributed by atoms with Crippen LogP contribution in [0.25, 0.3) is 0 Å². The second-order valence-corrected chi connectivity index (χ2v) is 2.94. The van der Waals surface area contributed by atoms with Crippen molar-refractivity contribution >= 4 is 5.97 Å². The highest BCUT2D eigenvalue weighted by Gasteiger charge is 2.08. The Morgan fingerprint density at radius 1 is 1.45 bits per heavy atom. The normalized spacial score (nSPS) is 12.9. The summed E-state index contributed by atoms with van der Waals surface area (Å²) in [5, 5.41) is 8.53. The highest BCUT2D eigenvalue weighted by molar-refractivity contribution is 5.69. The largest absolute Gasteiger partial charge is 0.481 e. The third kappa shape index (κ3) is 5.89. The van der Waals surface area contributed by atoms with Crippen LogP contribution >= 0.6 is 0 Å². The van der Waals surface area contributed by atoms with Crippen LogP contribution in [0.1, 0.15) is 39.0 Å². The van der Waals surface area contributed by atoms with Gasteiger partial charge < -0.3 is 5.11 Å². The van der Waals surface area contributed by atoms with Gasteiger partial charge in [0.1, 0.15) is 0 Å². The molecule has 0 spiro atoms. The molecule has 11 heavy (non-hydrogen) atoms. The quantitative estimate of drug-likeness (QED) is 0.601. The number of carboxylic acid groups (broad SMARTS) is 1. The fourth-order valence-corrected chi connectivity index (χ4v) is 0.928. The molecule has 1 unspecified atom stereocenters. The van der Waals surface area contributed by atoms with E-state index < -0.39 is 5.97 Å². The molecule has 1 radical (unpaired) electrons. The van der Waals surface area contributed by atoms with Gasteiger partial charge in [-0.25, -0.2) is 0 Å². The highest BCUT2D eigenvalue weighted by atomic mass is 16.4. The minimum atomic E-state index is -0.681. The Kier molecular flexibility index (Phi) is 5.90. The molecule has 0 aromatic heterocycles. The zero-order valence-corrected chi connectivity index (χ0v) is 7.18. The molecule has 0 saturated heterocycles. The molecule has 1 N–H and O–H groups in total. The van der Waals surface area contributed by atoms with Crippen LogP contribution in [0.15, 0.2) is 0 Å². The first kappa shape index (κ1) is 10.5. The summed E-state index contributed by atoms with van der Waals surface area (Å²) in [6.07, 6.45) is 5.01. The van der Waals surface area contributed by atoms with Gasteiger partial charge in [-0.1, -0.05) is 39.5 Å². The lowest BCUT2D eigenvalue weighted by Crippen LogP contribution is -2.08. The number of aliphatic carboxylic acids is 1. The minimum Gasteiger partial charge on any atom is -0.481 e. The number of rotatable bonds is 6. The molecule has 0 heterocycles. The van der Waals surface area contributed by atoms with Crippen molar-refractivity contribution in [1.29, 1.82) is 0 Å². The van der Waals surface area contributed by atoms with Crippen LogP contribution in [-0.2, 0) is 4.79 Å². The Morgan fingerprint density at radius 2 is 2.09 bits per heavy atom. The molecule has 0 aliphatic rings. The van der Waals surface area contributed by atoms with Gasteiger partial charge >= 0.3 is 5.97 Å². The van der Waals surface area contributed by atoms with Gasteiger partial charge in [0.05, 0.1) is 5.92 Å². The van der Waals surface area contributed by atoms with Crippen molar-refractivity contribution in [2.24, 2.45) is 5.92 Å². The number of carboxylic acids is 1. The number of carbonyl (C=O) groups is 1. The van der Waals surface area contributed by atoms with Gasteiger partial charge in [-0.2, -0.15) is 0 Å². The molecule has 2 nitrogen and oxygen atoms in total. The Labute approximate surface area is 68.6 Å². The molecule has 0 fully saturated rings. The predicted octanol–water partition coefficient (Wildman–Crippen LogP) is 2.49. The van der Waals surface area contributed by atoms with E-state index in [9.17, 15) is 4.79 Å². The summed E-state index contributed by atoms with van der Waals surface area (Å²) >= 11 is 0. The maximum atomic E-state index is 10.4. The molecule has 0 aliphatic carbocycles. The number of hydrogen-bond donors (Lipinski definition) is 1. The second kappa shape index (κ2) is 6.20. The minimum absolute atomic E-state index is 0.181. The second-order valence-electron chi connectivity index (χ2n) is 2.94. The lowest BCUT2D eigenvalue weighted by molar-refractivity contribution is -0.141. The Bertz CT molecular complexity index is 110. The lowest BCUT2D eigenvalue weighted by atomic mass is 10.0. The van der Waals surface area contributed by atoms with E-state index >= 15 is 0 Å². The van der Waals surface area contributed by atoms with Crippen molar-refractivity contribution in [3.8, 4) is 0 Å². The third-order valence-electron chi connectivity index (χ3n) is 1.81. The van der Waals surface area contributed by atoms with E-state index in [1.54, 1.807) is 6.92 Å². The predicted molar refractivity (Wildman–Crippen MR) is 45.2 cm³/mol. The van der Waals surface area contributed by atoms with Gasteiger partial charge in [-0.15, -0.1) is 0 Å². The molecular weight excluding hydrogens is 140 g/mol. The van der Waals surface area contributed by atoms with E-state index in [1.165, 1.54) is 0 Å². The first-order valence-corrected chi connectivity index (χ1v) is 4.20. The van der Waals surface area contributed by atoms with Gasteiger partial charge in [0.15, 0.2) is 0 Å². The van der Waals surface area contributed by atoms with Crippen LogP contribution in [0.4, 0.5) is 0 Å². The van der Waals surface area contributed by atoms with E-state index in [-0.39, 0.29) is 5.92 Å². The van der Waals surface area contributed by atoms with Gasteiger partial charge in [-0.05, 0) is 6.42 Å². The molecule has 0 saturated carbocycles. The first-order valence-electron chi connectivity index (χ1n) is 4.20. The summed E-state index contributed by atoms with van der Waals surface area (Å²) in [5.74, 6) is -0.862. The highest BCUT2D eigenvalue weighted by Crippen LogP contribution is 2.09. The Hall–Kier alpha value is -0.530. The summed E-state index contributed by atoms with van der Waals surface area (Å²) < 4.78 is 0. The van der Waals surface area contributed by atoms with Gasteiger partial charge in [0, 0.05) is 0 Å². The van der Waals surface area contributed by atoms with Crippen LogP contribution in [0, 0.1) is 12.8 Å². The van der Waals surface area contributed by atoms with E-state index in [4.69, 9.17) is 5.11 Å². The van der Waals surface area contributed by atoms with Crippen LogP contribution < -0.4 is 0 Å². The van der Waals surface area contributed by atoms with Crippen molar-refractivity contribution in [1.82, 2.24) is 0 Å². The SMILES string of the molecule is [CH2]CCCCCC(C)C(=O)O. The molecule has 0 bridgehead atoms. The van der Waals surface area contributed by atoms with E-state index in [0.29, 0.717) is 0 Å². The van der Waals surface area contributed by atoms with E-state index in [1.807, 2.05) is 0 Å². The van der Waals surface area contributed by atoms with Crippen LogP contribution in [0.5, 0.6) is 0 Å². The fourth-order valence-electron chi connectivity index (χ4n) is 0.928. The molecule has 0 rings (SSSR count). The first-order chi connectivity index (χ1) is 5.18. The molecular formula is C9H17O2. The van der Waals surface area contributed by atoms with Gasteiger partial charge in [0.25, 0.3) is 0 Å². The Morgan fingerprint density at radius 3 is 2.55 bits per heavy atom. The van der Waals surface area contributed by atoms with E-state index in [0.717, 1.165) is 32.1 Å². The fraction of sp³-hybridized carbons (Fsp3) is 0.778. The molecule has 1 atom stereocenters. The molecule has 0 aromatic rings. The summed E-state index contributed by atoms with van der Waals surface area (Å²) in [6, 6.07) is 0. The van der Waals surface area contributed by atoms with Crippen molar-refractivity contribution in [3.05, 3.63) is 6.92 Å². The van der Waals surface area contributed by atoms with Gasteiger partial charge in [0.2, 0.25) is 0 Å². The van der Waals surface area contributed by atoms with Crippen molar-refractivity contribution in [3.63, 3.8) is 0 Å². The third-order valence-corrected chi connectivity index (χ3v) is 1.81. The van der Waals surface area contributed by atoms with Crippen molar-refractivity contribution in [2.45, 2.75) is 39.0 Å². The summed E-state index contributed by atoms with van der Waals surface area (Å²) in [5.41, 5.74) is 0. The summed E-state index contributed by atoms with van der Waals surface area (Å²) in [7, 11) is 0. The summed E-state index contributed by atoms with van der Waals surface area (Å²) in [4.78, 5) is 10.4. The number of unbranched alkanes of at least 4 members (excludes halogenated alkanes) is 3. The van der Waals surface area contributed by atoms with Crippen LogP contribution in [0.2, 0.25) is 0 Å². The Balaban J connectivity index is 3.17. The number of hydrogen-bond acceptors (Lipinski definition) is 1.